The quantitative estimate of drug-likeness (QED) is 0.672. The van der Waals surface area contributed by atoms with Gasteiger partial charge < -0.3 is 0 Å². The van der Waals surface area contributed by atoms with Crippen molar-refractivity contribution >= 4 is 11.0 Å². The molecule has 0 bridgehead atoms. The van der Waals surface area contributed by atoms with Crippen molar-refractivity contribution in [2.45, 2.75) is 27.7 Å². The number of nitrogens with zero attached hydrogens (tertiary/aromatic N) is 2. The summed E-state index contributed by atoms with van der Waals surface area (Å²) in [5.74, 6) is 0. The molecule has 13 heavy (non-hydrogen) atoms. The minimum Gasteiger partial charge on any atom is -0.280 e. The number of H-pyrrole nitrogens is 1. The predicted octanol–water partition coefficient (Wildman–Crippen LogP) is 2.60. The largest absolute Gasteiger partial charge is 0.280 e. The first-order valence-electron chi connectivity index (χ1n) is 4.55. The third-order valence-corrected chi connectivity index (χ3v) is 1.84. The molecule has 0 atom stereocenters. The van der Waals surface area contributed by atoms with Crippen LogP contribution in [0.3, 0.4) is 0 Å². The highest BCUT2D eigenvalue weighted by Gasteiger charge is 2.02. The zero-order chi connectivity index (χ0) is 9.84. The number of aromatic nitrogens is 3. The first kappa shape index (κ1) is 9.71. The molecule has 70 valence electrons. The number of aryl methyl sites for hydroxylation is 2. The van der Waals surface area contributed by atoms with Crippen molar-refractivity contribution in [2.75, 3.05) is 0 Å². The summed E-state index contributed by atoms with van der Waals surface area (Å²) in [7, 11) is 0. The lowest BCUT2D eigenvalue weighted by atomic mass is 10.2. The van der Waals surface area contributed by atoms with E-state index in [0.29, 0.717) is 0 Å². The van der Waals surface area contributed by atoms with Crippen LogP contribution in [0.2, 0.25) is 0 Å². The zero-order valence-corrected chi connectivity index (χ0v) is 8.55. The summed E-state index contributed by atoms with van der Waals surface area (Å²) in [6, 6.07) is 1.99. The van der Waals surface area contributed by atoms with E-state index in [9.17, 15) is 0 Å². The lowest BCUT2D eigenvalue weighted by molar-refractivity contribution is 1.05. The summed E-state index contributed by atoms with van der Waals surface area (Å²) in [6.45, 7) is 8.07. The van der Waals surface area contributed by atoms with E-state index in [4.69, 9.17) is 0 Å². The van der Waals surface area contributed by atoms with E-state index < -0.39 is 0 Å². The van der Waals surface area contributed by atoms with E-state index in [-0.39, 0.29) is 0 Å². The van der Waals surface area contributed by atoms with Crippen molar-refractivity contribution in [1.29, 1.82) is 0 Å². The van der Waals surface area contributed by atoms with E-state index in [1.807, 2.05) is 26.8 Å². The van der Waals surface area contributed by atoms with Gasteiger partial charge >= 0.3 is 0 Å². The van der Waals surface area contributed by atoms with Crippen LogP contribution in [0.5, 0.6) is 0 Å². The summed E-state index contributed by atoms with van der Waals surface area (Å²) in [5, 5.41) is 8.09. The number of hydrogen-bond donors (Lipinski definition) is 1. The molecule has 1 N–H and O–H groups in total. The van der Waals surface area contributed by atoms with Crippen LogP contribution in [-0.4, -0.2) is 15.2 Å². The van der Waals surface area contributed by atoms with Crippen LogP contribution in [-0.2, 0) is 0 Å². The molecule has 0 spiro atoms. The third-order valence-electron chi connectivity index (χ3n) is 1.84. The molecule has 0 fully saturated rings. The summed E-state index contributed by atoms with van der Waals surface area (Å²) in [5.41, 5.74) is 3.12. The number of nitrogens with one attached hydrogen (secondary N) is 1. The van der Waals surface area contributed by atoms with Gasteiger partial charge in [-0.1, -0.05) is 13.8 Å². The Hall–Kier alpha value is -1.38. The summed E-state index contributed by atoms with van der Waals surface area (Å²) in [4.78, 5) is 4.12. The average Bonchev–Trinajstić information content (AvgIpc) is 2.53. The highest BCUT2D eigenvalue weighted by Crippen LogP contribution is 2.16. The molecular weight excluding hydrogens is 162 g/mol. The van der Waals surface area contributed by atoms with Crippen molar-refractivity contribution < 1.29 is 0 Å². The first-order valence-corrected chi connectivity index (χ1v) is 4.55. The molecule has 0 amide bonds. The summed E-state index contributed by atoms with van der Waals surface area (Å²) >= 11 is 0. The van der Waals surface area contributed by atoms with Gasteiger partial charge in [-0.25, -0.2) is 4.98 Å². The Bertz CT molecular complexity index is 390. The molecule has 0 unspecified atom stereocenters. The molecule has 3 nitrogen and oxygen atoms in total. The maximum atomic E-state index is 4.12. The summed E-state index contributed by atoms with van der Waals surface area (Å²) in [6.07, 6.45) is 1.78. The van der Waals surface area contributed by atoms with Crippen molar-refractivity contribution in [3.05, 3.63) is 23.5 Å². The molecule has 2 heterocycles. The summed E-state index contributed by atoms with van der Waals surface area (Å²) < 4.78 is 0. The minimum absolute atomic E-state index is 0.808. The van der Waals surface area contributed by atoms with Crippen LogP contribution in [0, 0.1) is 13.8 Å². The van der Waals surface area contributed by atoms with Gasteiger partial charge in [0.05, 0.1) is 0 Å². The van der Waals surface area contributed by atoms with Crippen molar-refractivity contribution in [2.24, 2.45) is 0 Å². The molecule has 0 radical (unpaired) electrons. The monoisotopic (exact) mass is 177 g/mol. The number of aromatic amines is 1. The molecule has 0 aliphatic rings. The molecule has 2 aromatic heterocycles. The number of hydrogen-bond acceptors (Lipinski definition) is 2. The predicted molar refractivity (Wildman–Crippen MR) is 54.7 cm³/mol. The average molecular weight is 177 g/mol. The van der Waals surface area contributed by atoms with E-state index >= 15 is 0 Å². The smallest absolute Gasteiger partial charge is 0.181 e. The Morgan fingerprint density at radius 3 is 2.54 bits per heavy atom. The Morgan fingerprint density at radius 2 is 1.92 bits per heavy atom. The lowest BCUT2D eigenvalue weighted by Crippen LogP contribution is -1.79. The molecule has 0 aliphatic heterocycles. The molecule has 2 rings (SSSR count). The Morgan fingerprint density at radius 1 is 1.23 bits per heavy atom. The van der Waals surface area contributed by atoms with Gasteiger partial charge in [0.15, 0.2) is 5.65 Å². The Labute approximate surface area is 78.2 Å². The molecule has 2 aromatic rings. The fraction of sp³-hybridized carbons (Fsp3) is 0.400. The SMILES string of the molecule is CC.Cc1ccnc2n[nH]c(C)c12. The topological polar surface area (TPSA) is 41.6 Å². The second kappa shape index (κ2) is 4.03. The molecule has 3 heteroatoms. The second-order valence-electron chi connectivity index (χ2n) is 2.68. The van der Waals surface area contributed by atoms with Gasteiger partial charge in [0.25, 0.3) is 0 Å². The second-order valence-corrected chi connectivity index (χ2v) is 2.68. The third kappa shape index (κ3) is 1.69. The van der Waals surface area contributed by atoms with E-state index in [1.54, 1.807) is 6.20 Å². The molecule has 0 saturated carbocycles. The van der Waals surface area contributed by atoms with Crippen molar-refractivity contribution in [1.82, 2.24) is 15.2 Å². The highest BCUT2D eigenvalue weighted by molar-refractivity contribution is 5.80. The zero-order valence-electron chi connectivity index (χ0n) is 8.55. The fourth-order valence-corrected chi connectivity index (χ4v) is 1.28. The molecular formula is C10H15N3. The first-order chi connectivity index (χ1) is 6.29. The number of pyridine rings is 1. The number of fused-ring (bicyclic) bond motifs is 1. The van der Waals surface area contributed by atoms with Crippen molar-refractivity contribution in [3.63, 3.8) is 0 Å². The van der Waals surface area contributed by atoms with Gasteiger partial charge in [0, 0.05) is 17.3 Å². The van der Waals surface area contributed by atoms with Gasteiger partial charge in [0.1, 0.15) is 0 Å². The van der Waals surface area contributed by atoms with Gasteiger partial charge in [-0.3, -0.25) is 5.10 Å². The maximum absolute atomic E-state index is 4.12. The van der Waals surface area contributed by atoms with Crippen molar-refractivity contribution in [3.8, 4) is 0 Å². The van der Waals surface area contributed by atoms with Gasteiger partial charge in [-0.05, 0) is 25.5 Å². The fourth-order valence-electron chi connectivity index (χ4n) is 1.28. The van der Waals surface area contributed by atoms with E-state index in [2.05, 4.69) is 22.1 Å². The van der Waals surface area contributed by atoms with Gasteiger partial charge in [0.2, 0.25) is 0 Å². The Kier molecular flexibility index (Phi) is 3.01. The van der Waals surface area contributed by atoms with Crippen LogP contribution in [0.15, 0.2) is 12.3 Å². The lowest BCUT2D eigenvalue weighted by Gasteiger charge is -1.92. The molecule has 0 aromatic carbocycles. The van der Waals surface area contributed by atoms with Crippen LogP contribution in [0.1, 0.15) is 25.1 Å². The molecule has 0 saturated heterocycles. The Balaban J connectivity index is 0.000000396. The normalized spacial score (nSPS) is 9.54. The number of rotatable bonds is 0. The van der Waals surface area contributed by atoms with Crippen LogP contribution >= 0.6 is 0 Å². The van der Waals surface area contributed by atoms with Crippen LogP contribution < -0.4 is 0 Å². The van der Waals surface area contributed by atoms with Gasteiger partial charge in [-0.15, -0.1) is 0 Å². The maximum Gasteiger partial charge on any atom is 0.181 e. The van der Waals surface area contributed by atoms with E-state index in [1.165, 1.54) is 5.56 Å². The standard InChI is InChI=1S/C8H9N3.C2H6/c1-5-3-4-9-8-7(5)6(2)10-11-8;1-2/h3-4H,1-2H3,(H,9,10,11);1-2H3. The minimum atomic E-state index is 0.808. The van der Waals surface area contributed by atoms with Crippen LogP contribution in [0.4, 0.5) is 0 Å². The highest BCUT2D eigenvalue weighted by atomic mass is 15.1. The van der Waals surface area contributed by atoms with Gasteiger partial charge in [-0.2, -0.15) is 5.10 Å². The van der Waals surface area contributed by atoms with Crippen LogP contribution in [0.25, 0.3) is 11.0 Å². The molecule has 0 aliphatic carbocycles. The van der Waals surface area contributed by atoms with E-state index in [0.717, 1.165) is 16.7 Å².